The third-order valence-electron chi connectivity index (χ3n) is 4.25. The summed E-state index contributed by atoms with van der Waals surface area (Å²) in [5, 5.41) is 0. The molecule has 0 N–H and O–H groups in total. The van der Waals surface area contributed by atoms with Crippen LogP contribution in [0.2, 0.25) is 0 Å². The number of piperidine rings is 1. The molecule has 2 aromatic rings. The number of hydrogen-bond donors (Lipinski definition) is 0. The topological polar surface area (TPSA) is 46.8 Å². The molecule has 0 aromatic carbocycles. The van der Waals surface area contributed by atoms with Gasteiger partial charge in [0.2, 0.25) is 0 Å². The van der Waals surface area contributed by atoms with Crippen LogP contribution in [0.3, 0.4) is 0 Å². The molecular weight excluding hydrogens is 262 g/mol. The number of nitrogens with zero attached hydrogens (tertiary/aromatic N) is 5. The maximum absolute atomic E-state index is 4.69. The number of anilines is 1. The van der Waals surface area contributed by atoms with Crippen molar-refractivity contribution >= 4 is 5.82 Å². The maximum atomic E-state index is 4.69. The summed E-state index contributed by atoms with van der Waals surface area (Å²) >= 11 is 0. The summed E-state index contributed by atoms with van der Waals surface area (Å²) in [6.07, 6.45) is 8.28. The van der Waals surface area contributed by atoms with E-state index in [1.807, 2.05) is 26.2 Å². The molecule has 1 aliphatic heterocycles. The van der Waals surface area contributed by atoms with Gasteiger partial charge in [-0.05, 0) is 39.5 Å². The van der Waals surface area contributed by atoms with Crippen LogP contribution in [-0.2, 0) is 6.54 Å². The highest BCUT2D eigenvalue weighted by Gasteiger charge is 2.23. The van der Waals surface area contributed by atoms with Gasteiger partial charge in [-0.2, -0.15) is 0 Å². The van der Waals surface area contributed by atoms with Gasteiger partial charge in [0, 0.05) is 38.2 Å². The lowest BCUT2D eigenvalue weighted by Crippen LogP contribution is -2.38. The van der Waals surface area contributed by atoms with Gasteiger partial charge in [-0.25, -0.2) is 9.97 Å². The molecule has 0 radical (unpaired) electrons. The molecule has 0 amide bonds. The highest BCUT2D eigenvalue weighted by Crippen LogP contribution is 2.24. The Labute approximate surface area is 126 Å². The van der Waals surface area contributed by atoms with E-state index in [0.717, 1.165) is 42.7 Å². The Bertz CT molecular complexity index is 619. The molecule has 21 heavy (non-hydrogen) atoms. The number of aryl methyl sites for hydroxylation is 3. The molecule has 112 valence electrons. The van der Waals surface area contributed by atoms with Gasteiger partial charge in [-0.15, -0.1) is 0 Å². The summed E-state index contributed by atoms with van der Waals surface area (Å²) in [6, 6.07) is 0. The minimum Gasteiger partial charge on any atom is -0.355 e. The molecule has 0 aliphatic carbocycles. The van der Waals surface area contributed by atoms with Crippen LogP contribution in [0.1, 0.15) is 30.1 Å². The third kappa shape index (κ3) is 3.06. The van der Waals surface area contributed by atoms with Crippen molar-refractivity contribution in [2.24, 2.45) is 5.92 Å². The Morgan fingerprint density at radius 2 is 2.10 bits per heavy atom. The minimum absolute atomic E-state index is 0.647. The van der Waals surface area contributed by atoms with Crippen LogP contribution < -0.4 is 4.90 Å². The highest BCUT2D eigenvalue weighted by molar-refractivity contribution is 5.43. The van der Waals surface area contributed by atoms with Gasteiger partial charge in [0.05, 0.1) is 11.4 Å². The smallest absolute Gasteiger partial charge is 0.150 e. The fourth-order valence-electron chi connectivity index (χ4n) is 3.11. The molecule has 0 bridgehead atoms. The first-order valence-corrected chi connectivity index (χ1v) is 7.66. The summed E-state index contributed by atoms with van der Waals surface area (Å²) in [5.74, 6) is 2.80. The van der Waals surface area contributed by atoms with E-state index in [1.54, 1.807) is 0 Å². The molecule has 1 fully saturated rings. The molecule has 2 aromatic heterocycles. The lowest BCUT2D eigenvalue weighted by molar-refractivity contribution is 0.362. The molecule has 3 rings (SSSR count). The Kier molecular flexibility index (Phi) is 3.90. The molecule has 5 nitrogen and oxygen atoms in total. The van der Waals surface area contributed by atoms with Gasteiger partial charge in [0.1, 0.15) is 11.6 Å². The van der Waals surface area contributed by atoms with E-state index >= 15 is 0 Å². The normalized spacial score (nSPS) is 19.0. The summed E-state index contributed by atoms with van der Waals surface area (Å²) in [6.45, 7) is 9.30. The lowest BCUT2D eigenvalue weighted by atomic mass is 9.97. The second-order valence-corrected chi connectivity index (χ2v) is 6.00. The zero-order valence-corrected chi connectivity index (χ0v) is 13.1. The Morgan fingerprint density at radius 1 is 1.24 bits per heavy atom. The van der Waals surface area contributed by atoms with Crippen LogP contribution in [0.4, 0.5) is 5.82 Å². The highest BCUT2D eigenvalue weighted by atomic mass is 15.2. The standard InChI is InChI=1S/C16H23N5/c1-12-9-18-13(2)16(19-12)21-7-4-5-15(11-21)10-20-8-6-17-14(20)3/h6,8-9,15H,4-5,7,10-11H2,1-3H3. The molecule has 1 atom stereocenters. The van der Waals surface area contributed by atoms with E-state index in [0.29, 0.717) is 5.92 Å². The second kappa shape index (κ2) is 5.84. The van der Waals surface area contributed by atoms with Crippen LogP contribution >= 0.6 is 0 Å². The van der Waals surface area contributed by atoms with Crippen LogP contribution in [0.15, 0.2) is 18.6 Å². The van der Waals surface area contributed by atoms with Gasteiger partial charge >= 0.3 is 0 Å². The summed E-state index contributed by atoms with van der Waals surface area (Å²) in [5.41, 5.74) is 2.02. The van der Waals surface area contributed by atoms with Gasteiger partial charge in [0.25, 0.3) is 0 Å². The van der Waals surface area contributed by atoms with Crippen molar-refractivity contribution in [2.45, 2.75) is 40.2 Å². The zero-order chi connectivity index (χ0) is 14.8. The first kappa shape index (κ1) is 14.0. The molecule has 1 saturated heterocycles. The fourth-order valence-corrected chi connectivity index (χ4v) is 3.11. The first-order chi connectivity index (χ1) is 10.1. The maximum Gasteiger partial charge on any atom is 0.150 e. The van der Waals surface area contributed by atoms with Crippen LogP contribution in [0.25, 0.3) is 0 Å². The van der Waals surface area contributed by atoms with Crippen LogP contribution in [-0.4, -0.2) is 32.6 Å². The molecule has 1 unspecified atom stereocenters. The molecule has 3 heterocycles. The second-order valence-electron chi connectivity index (χ2n) is 6.00. The van der Waals surface area contributed by atoms with E-state index in [2.05, 4.69) is 37.5 Å². The SMILES string of the molecule is Cc1cnc(C)c(N2CCCC(Cn3ccnc3C)C2)n1. The van der Waals surface area contributed by atoms with Crippen molar-refractivity contribution in [3.8, 4) is 0 Å². The van der Waals surface area contributed by atoms with Crippen LogP contribution in [0, 0.1) is 26.7 Å². The molecule has 1 aliphatic rings. The predicted octanol–water partition coefficient (Wildman–Crippen LogP) is 2.51. The van der Waals surface area contributed by atoms with Crippen molar-refractivity contribution in [3.05, 3.63) is 35.8 Å². The van der Waals surface area contributed by atoms with Crippen molar-refractivity contribution in [2.75, 3.05) is 18.0 Å². The van der Waals surface area contributed by atoms with Gasteiger partial charge in [-0.3, -0.25) is 4.98 Å². The average Bonchev–Trinajstić information content (AvgIpc) is 2.87. The van der Waals surface area contributed by atoms with Gasteiger partial charge in [-0.1, -0.05) is 0 Å². The Balaban J connectivity index is 1.73. The monoisotopic (exact) mass is 285 g/mol. The number of rotatable bonds is 3. The number of imidazole rings is 1. The van der Waals surface area contributed by atoms with E-state index in [9.17, 15) is 0 Å². The van der Waals surface area contributed by atoms with E-state index in [-0.39, 0.29) is 0 Å². The summed E-state index contributed by atoms with van der Waals surface area (Å²) < 4.78 is 2.25. The van der Waals surface area contributed by atoms with E-state index in [1.165, 1.54) is 12.8 Å². The van der Waals surface area contributed by atoms with Crippen molar-refractivity contribution < 1.29 is 0 Å². The Hall–Kier alpha value is -1.91. The number of aromatic nitrogens is 4. The molecule has 5 heteroatoms. The Morgan fingerprint density at radius 3 is 2.86 bits per heavy atom. The summed E-state index contributed by atoms with van der Waals surface area (Å²) in [7, 11) is 0. The van der Waals surface area contributed by atoms with Crippen molar-refractivity contribution in [3.63, 3.8) is 0 Å². The quantitative estimate of drug-likeness (QED) is 0.869. The fraction of sp³-hybridized carbons (Fsp3) is 0.562. The summed E-state index contributed by atoms with van der Waals surface area (Å²) in [4.78, 5) is 15.8. The minimum atomic E-state index is 0.647. The average molecular weight is 285 g/mol. The van der Waals surface area contributed by atoms with Crippen molar-refractivity contribution in [1.29, 1.82) is 0 Å². The third-order valence-corrected chi connectivity index (χ3v) is 4.25. The first-order valence-electron chi connectivity index (χ1n) is 7.66. The largest absolute Gasteiger partial charge is 0.355 e. The van der Waals surface area contributed by atoms with Gasteiger partial charge < -0.3 is 9.47 Å². The molecular formula is C16H23N5. The zero-order valence-electron chi connectivity index (χ0n) is 13.1. The van der Waals surface area contributed by atoms with Gasteiger partial charge in [0.15, 0.2) is 0 Å². The predicted molar refractivity (Wildman–Crippen MR) is 83.4 cm³/mol. The van der Waals surface area contributed by atoms with E-state index < -0.39 is 0 Å². The van der Waals surface area contributed by atoms with E-state index in [4.69, 9.17) is 0 Å². The van der Waals surface area contributed by atoms with Crippen molar-refractivity contribution in [1.82, 2.24) is 19.5 Å². The molecule has 0 saturated carbocycles. The molecule has 0 spiro atoms. The number of hydrogen-bond acceptors (Lipinski definition) is 4. The van der Waals surface area contributed by atoms with Crippen LogP contribution in [0.5, 0.6) is 0 Å². The lowest BCUT2D eigenvalue weighted by Gasteiger charge is -2.34.